The van der Waals surface area contributed by atoms with Crippen molar-refractivity contribution in [3.63, 3.8) is 0 Å². The van der Waals surface area contributed by atoms with Crippen molar-refractivity contribution in [3.8, 4) is 11.5 Å². The van der Waals surface area contributed by atoms with E-state index in [2.05, 4.69) is 144 Å². The zero-order valence-electron chi connectivity index (χ0n) is 24.3. The largest absolute Gasteiger partial charge is 0.435 e. The second-order valence-corrected chi connectivity index (χ2v) is 11.5. The van der Waals surface area contributed by atoms with Crippen molar-refractivity contribution in [1.82, 2.24) is 15.6 Å². The highest BCUT2D eigenvalue weighted by molar-refractivity contribution is 6.14. The van der Waals surface area contributed by atoms with Crippen LogP contribution in [0.5, 0.6) is 0 Å². The van der Waals surface area contributed by atoms with Crippen LogP contribution >= 0.6 is 0 Å². The lowest BCUT2D eigenvalue weighted by molar-refractivity contribution is 0.409. The van der Waals surface area contributed by atoms with Crippen LogP contribution in [0, 0.1) is 0 Å². The van der Waals surface area contributed by atoms with Crippen molar-refractivity contribution in [2.45, 2.75) is 12.3 Å². The summed E-state index contributed by atoms with van der Waals surface area (Å²) in [6.45, 7) is 0. The van der Waals surface area contributed by atoms with Gasteiger partial charge < -0.3 is 9.73 Å². The number of hydrogen-bond donors (Lipinski definition) is 2. The van der Waals surface area contributed by atoms with Crippen LogP contribution in [0.25, 0.3) is 54.9 Å². The molecule has 2 unspecified atom stereocenters. The standard InChI is InChI=1S/C40H28N4O/c1-3-11-25(12-4-1)37-42-38(26-13-5-2-6-14-26)44-39(43-37)29-19-21-31-28(23-29)20-22-35-36(31)45-40(41-35)34-24-27-15-7-8-16-30(27)32-17-9-10-18-33(32)34/h1-24,37-38,42H,(H,43,44). The molecule has 8 aromatic rings. The molecule has 5 heteroatoms. The topological polar surface area (TPSA) is 62.5 Å². The Morgan fingerprint density at radius 2 is 1.24 bits per heavy atom. The Morgan fingerprint density at radius 3 is 2.07 bits per heavy atom. The van der Waals surface area contributed by atoms with Gasteiger partial charge >= 0.3 is 0 Å². The van der Waals surface area contributed by atoms with E-state index in [4.69, 9.17) is 14.4 Å². The van der Waals surface area contributed by atoms with E-state index in [-0.39, 0.29) is 12.3 Å². The van der Waals surface area contributed by atoms with Crippen LogP contribution in [0.3, 0.4) is 0 Å². The van der Waals surface area contributed by atoms with Crippen LogP contribution in [0.15, 0.2) is 155 Å². The Balaban J connectivity index is 1.14. The summed E-state index contributed by atoms with van der Waals surface area (Å²) in [7, 11) is 0. The summed E-state index contributed by atoms with van der Waals surface area (Å²) in [4.78, 5) is 10.1. The van der Waals surface area contributed by atoms with Crippen LogP contribution < -0.4 is 10.6 Å². The summed E-state index contributed by atoms with van der Waals surface area (Å²) < 4.78 is 6.59. The van der Waals surface area contributed by atoms with Gasteiger partial charge in [0.1, 0.15) is 23.7 Å². The van der Waals surface area contributed by atoms with Gasteiger partial charge in [0.2, 0.25) is 5.89 Å². The molecule has 2 atom stereocenters. The van der Waals surface area contributed by atoms with Crippen LogP contribution in [-0.2, 0) is 0 Å². The molecule has 9 rings (SSSR count). The monoisotopic (exact) mass is 580 g/mol. The quantitative estimate of drug-likeness (QED) is 0.204. The number of nitrogens with one attached hydrogen (secondary N) is 2. The minimum Gasteiger partial charge on any atom is -0.435 e. The Kier molecular flexibility index (Phi) is 5.96. The van der Waals surface area contributed by atoms with Gasteiger partial charge in [-0.1, -0.05) is 121 Å². The molecule has 0 saturated heterocycles. The molecule has 45 heavy (non-hydrogen) atoms. The second-order valence-electron chi connectivity index (χ2n) is 11.5. The second kappa shape index (κ2) is 10.4. The first kappa shape index (κ1) is 25.7. The predicted octanol–water partition coefficient (Wildman–Crippen LogP) is 9.29. The molecule has 0 amide bonds. The van der Waals surface area contributed by atoms with E-state index in [0.29, 0.717) is 5.89 Å². The van der Waals surface area contributed by atoms with E-state index in [1.165, 1.54) is 16.2 Å². The van der Waals surface area contributed by atoms with Crippen LogP contribution in [0.2, 0.25) is 0 Å². The molecule has 0 spiro atoms. The van der Waals surface area contributed by atoms with Gasteiger partial charge in [-0.3, -0.25) is 5.32 Å². The number of amidine groups is 1. The summed E-state index contributed by atoms with van der Waals surface area (Å²) in [6, 6.07) is 50.5. The molecule has 0 fully saturated rings. The maximum Gasteiger partial charge on any atom is 0.227 e. The first-order valence-electron chi connectivity index (χ1n) is 15.2. The summed E-state index contributed by atoms with van der Waals surface area (Å²) in [5.74, 6) is 1.48. The number of fused-ring (bicyclic) bond motifs is 6. The van der Waals surface area contributed by atoms with Crippen molar-refractivity contribution in [1.29, 1.82) is 0 Å². The summed E-state index contributed by atoms with van der Waals surface area (Å²) >= 11 is 0. The number of aromatic nitrogens is 1. The highest BCUT2D eigenvalue weighted by Gasteiger charge is 2.25. The summed E-state index contributed by atoms with van der Waals surface area (Å²) in [5.41, 5.74) is 5.92. The van der Waals surface area contributed by atoms with Gasteiger partial charge in [0, 0.05) is 16.5 Å². The Morgan fingerprint density at radius 1 is 0.556 bits per heavy atom. The van der Waals surface area contributed by atoms with Gasteiger partial charge in [-0.05, 0) is 62.3 Å². The summed E-state index contributed by atoms with van der Waals surface area (Å²) in [6.07, 6.45) is -0.268. The number of nitrogens with zero attached hydrogens (tertiary/aromatic N) is 2. The van der Waals surface area contributed by atoms with Crippen LogP contribution in [0.1, 0.15) is 29.0 Å². The molecule has 2 heterocycles. The molecule has 5 nitrogen and oxygen atoms in total. The van der Waals surface area contributed by atoms with E-state index in [0.717, 1.165) is 55.3 Å². The van der Waals surface area contributed by atoms with E-state index >= 15 is 0 Å². The molecule has 1 aliphatic heterocycles. The smallest absolute Gasteiger partial charge is 0.227 e. The van der Waals surface area contributed by atoms with Crippen molar-refractivity contribution < 1.29 is 4.42 Å². The highest BCUT2D eigenvalue weighted by atomic mass is 16.3. The lowest BCUT2D eigenvalue weighted by Crippen LogP contribution is -2.44. The fourth-order valence-corrected chi connectivity index (χ4v) is 6.54. The average Bonchev–Trinajstić information content (AvgIpc) is 3.56. The molecular weight excluding hydrogens is 552 g/mol. The fraction of sp³-hybridized carbons (Fsp3) is 0.0500. The first-order valence-corrected chi connectivity index (χ1v) is 15.2. The zero-order chi connectivity index (χ0) is 29.7. The number of hydrogen-bond acceptors (Lipinski definition) is 5. The highest BCUT2D eigenvalue weighted by Crippen LogP contribution is 2.37. The molecule has 7 aromatic carbocycles. The SMILES string of the molecule is c1ccc(C2N=C(c3ccc4c(ccc5nc(-c6cc7ccccc7c7ccccc67)oc54)c3)NC(c3ccccc3)N2)cc1. The summed E-state index contributed by atoms with van der Waals surface area (Å²) in [5, 5.41) is 14.1. The fourth-order valence-electron chi connectivity index (χ4n) is 6.54. The maximum atomic E-state index is 6.59. The molecule has 0 radical (unpaired) electrons. The third-order valence-electron chi connectivity index (χ3n) is 8.75. The lowest BCUT2D eigenvalue weighted by Gasteiger charge is -2.32. The van der Waals surface area contributed by atoms with Crippen molar-refractivity contribution in [3.05, 3.63) is 162 Å². The Labute approximate surface area is 259 Å². The molecule has 2 N–H and O–H groups in total. The number of rotatable bonds is 4. The van der Waals surface area contributed by atoms with E-state index < -0.39 is 0 Å². The van der Waals surface area contributed by atoms with Gasteiger partial charge in [-0.2, -0.15) is 0 Å². The van der Waals surface area contributed by atoms with E-state index in [1.807, 2.05) is 12.1 Å². The first-order chi connectivity index (χ1) is 22.3. The molecule has 1 aliphatic rings. The Bertz CT molecular complexity index is 2400. The molecular formula is C40H28N4O. The van der Waals surface area contributed by atoms with Gasteiger partial charge in [-0.15, -0.1) is 0 Å². The molecule has 0 saturated carbocycles. The van der Waals surface area contributed by atoms with Gasteiger partial charge in [0.25, 0.3) is 0 Å². The third kappa shape index (κ3) is 4.44. The van der Waals surface area contributed by atoms with E-state index in [9.17, 15) is 0 Å². The van der Waals surface area contributed by atoms with Crippen molar-refractivity contribution in [2.24, 2.45) is 4.99 Å². The molecule has 214 valence electrons. The van der Waals surface area contributed by atoms with E-state index in [1.54, 1.807) is 0 Å². The zero-order valence-corrected chi connectivity index (χ0v) is 24.3. The van der Waals surface area contributed by atoms with Crippen LogP contribution in [0.4, 0.5) is 0 Å². The minimum absolute atomic E-state index is 0.0873. The number of aliphatic imine (C=N–C) groups is 1. The Hall–Kier alpha value is -5.78. The van der Waals surface area contributed by atoms with Crippen molar-refractivity contribution in [2.75, 3.05) is 0 Å². The average molecular weight is 581 g/mol. The molecule has 0 bridgehead atoms. The maximum absolute atomic E-state index is 6.59. The van der Waals surface area contributed by atoms with Crippen LogP contribution in [-0.4, -0.2) is 10.8 Å². The normalized spacial score (nSPS) is 16.7. The van der Waals surface area contributed by atoms with Gasteiger partial charge in [-0.25, -0.2) is 9.98 Å². The number of oxazole rings is 1. The lowest BCUT2D eigenvalue weighted by atomic mass is 9.97. The van der Waals surface area contributed by atoms with Crippen molar-refractivity contribution >= 4 is 49.3 Å². The van der Waals surface area contributed by atoms with Gasteiger partial charge in [0.15, 0.2) is 5.58 Å². The minimum atomic E-state index is -0.181. The van der Waals surface area contributed by atoms with Gasteiger partial charge in [0.05, 0.1) is 0 Å². The molecule has 1 aromatic heterocycles. The predicted molar refractivity (Wildman–Crippen MR) is 183 cm³/mol. The third-order valence-corrected chi connectivity index (χ3v) is 8.75. The molecule has 0 aliphatic carbocycles. The number of benzene rings is 7.